The molecule has 0 amide bonds. The first-order valence-electron chi connectivity index (χ1n) is 6.11. The Balaban J connectivity index is 1.77. The fraction of sp³-hybridized carbons (Fsp3) is 0.833. The van der Waals surface area contributed by atoms with Gasteiger partial charge in [-0.25, -0.2) is 0 Å². The molecular weight excluding hydrogens is 188 g/mol. The normalized spacial score (nSPS) is 47.3. The van der Waals surface area contributed by atoms with Crippen molar-refractivity contribution in [2.75, 3.05) is 0 Å². The van der Waals surface area contributed by atoms with Gasteiger partial charge >= 0.3 is 0 Å². The van der Waals surface area contributed by atoms with E-state index in [4.69, 9.17) is 4.42 Å². The number of hydrogen-bond acceptors (Lipinski definition) is 3. The van der Waals surface area contributed by atoms with Gasteiger partial charge in [-0.2, -0.15) is 0 Å². The predicted octanol–water partition coefficient (Wildman–Crippen LogP) is 2.54. The van der Waals surface area contributed by atoms with Crippen molar-refractivity contribution in [1.82, 2.24) is 10.2 Å². The molecule has 0 saturated heterocycles. The van der Waals surface area contributed by atoms with E-state index in [1.165, 1.54) is 44.9 Å². The van der Waals surface area contributed by atoms with E-state index < -0.39 is 0 Å². The molecule has 0 atom stereocenters. The van der Waals surface area contributed by atoms with Gasteiger partial charge in [0.05, 0.1) is 0 Å². The SMILES string of the molecule is c1nnc(C23CC4CC(CC(C4)C2)C3)o1. The molecule has 1 aromatic heterocycles. The summed E-state index contributed by atoms with van der Waals surface area (Å²) in [6.45, 7) is 0. The van der Waals surface area contributed by atoms with Crippen LogP contribution in [0.1, 0.15) is 44.4 Å². The van der Waals surface area contributed by atoms with Gasteiger partial charge < -0.3 is 4.42 Å². The second-order valence-electron chi connectivity index (χ2n) is 5.94. The monoisotopic (exact) mass is 204 g/mol. The standard InChI is InChI=1S/C12H16N2O/c1-8-2-10-3-9(1)5-12(4-8,6-10)11-14-13-7-15-11/h7-10H,1-6H2. The van der Waals surface area contributed by atoms with Gasteiger partial charge in [-0.3, -0.25) is 0 Å². The van der Waals surface area contributed by atoms with E-state index in [1.807, 2.05) is 0 Å². The number of rotatable bonds is 1. The van der Waals surface area contributed by atoms with Crippen LogP contribution in [0.4, 0.5) is 0 Å². The van der Waals surface area contributed by atoms with Gasteiger partial charge in [0.25, 0.3) is 0 Å². The molecule has 4 aliphatic carbocycles. The molecule has 0 unspecified atom stereocenters. The maximum absolute atomic E-state index is 5.50. The molecule has 0 radical (unpaired) electrons. The smallest absolute Gasteiger partial charge is 0.222 e. The number of hydrogen-bond donors (Lipinski definition) is 0. The predicted molar refractivity (Wildman–Crippen MR) is 54.1 cm³/mol. The van der Waals surface area contributed by atoms with Gasteiger partial charge in [-0.15, -0.1) is 10.2 Å². The Morgan fingerprint density at radius 3 is 2.13 bits per heavy atom. The highest BCUT2D eigenvalue weighted by Crippen LogP contribution is 2.60. The van der Waals surface area contributed by atoms with Crippen LogP contribution in [0.15, 0.2) is 10.8 Å². The van der Waals surface area contributed by atoms with E-state index in [0.29, 0.717) is 0 Å². The van der Waals surface area contributed by atoms with Gasteiger partial charge in [0, 0.05) is 5.41 Å². The molecule has 4 fully saturated rings. The van der Waals surface area contributed by atoms with E-state index in [2.05, 4.69) is 10.2 Å². The largest absolute Gasteiger partial charge is 0.427 e. The van der Waals surface area contributed by atoms with Crippen molar-refractivity contribution in [3.05, 3.63) is 12.3 Å². The third-order valence-corrected chi connectivity index (χ3v) is 4.85. The van der Waals surface area contributed by atoms with Crippen LogP contribution < -0.4 is 0 Å². The van der Waals surface area contributed by atoms with Crippen LogP contribution in [0.25, 0.3) is 0 Å². The van der Waals surface area contributed by atoms with E-state index in [0.717, 1.165) is 23.6 Å². The van der Waals surface area contributed by atoms with Gasteiger partial charge in [0.15, 0.2) is 0 Å². The Morgan fingerprint density at radius 1 is 1.07 bits per heavy atom. The fourth-order valence-electron chi connectivity index (χ4n) is 4.78. The second kappa shape index (κ2) is 2.63. The van der Waals surface area contributed by atoms with Crippen molar-refractivity contribution in [1.29, 1.82) is 0 Å². The molecular formula is C12H16N2O. The zero-order valence-electron chi connectivity index (χ0n) is 8.85. The number of aromatic nitrogens is 2. The minimum absolute atomic E-state index is 0.283. The van der Waals surface area contributed by atoms with Crippen LogP contribution in [0.2, 0.25) is 0 Å². The molecule has 0 aliphatic heterocycles. The zero-order valence-corrected chi connectivity index (χ0v) is 8.85. The Kier molecular flexibility index (Phi) is 1.46. The van der Waals surface area contributed by atoms with Crippen molar-refractivity contribution < 1.29 is 4.42 Å². The molecule has 4 aliphatic rings. The summed E-state index contributed by atoms with van der Waals surface area (Å²) in [5.74, 6) is 3.77. The summed E-state index contributed by atoms with van der Waals surface area (Å²) >= 11 is 0. The lowest BCUT2D eigenvalue weighted by Gasteiger charge is -2.55. The Hall–Kier alpha value is -0.860. The second-order valence-corrected chi connectivity index (χ2v) is 5.94. The van der Waals surface area contributed by atoms with Gasteiger partial charge in [-0.1, -0.05) is 0 Å². The first kappa shape index (κ1) is 8.31. The third kappa shape index (κ3) is 1.06. The van der Waals surface area contributed by atoms with Crippen molar-refractivity contribution in [2.45, 2.75) is 43.9 Å². The van der Waals surface area contributed by atoms with Crippen molar-refractivity contribution in [3.8, 4) is 0 Å². The quantitative estimate of drug-likeness (QED) is 0.705. The average Bonchev–Trinajstić information content (AvgIpc) is 2.67. The lowest BCUT2D eigenvalue weighted by molar-refractivity contribution is -0.0178. The minimum Gasteiger partial charge on any atom is -0.427 e. The summed E-state index contributed by atoms with van der Waals surface area (Å²) in [4.78, 5) is 0. The van der Waals surface area contributed by atoms with Gasteiger partial charge in [0.1, 0.15) is 0 Å². The van der Waals surface area contributed by atoms with E-state index in [1.54, 1.807) is 0 Å². The first-order valence-corrected chi connectivity index (χ1v) is 6.11. The van der Waals surface area contributed by atoms with Gasteiger partial charge in [-0.05, 0) is 56.3 Å². The highest BCUT2D eigenvalue weighted by Gasteiger charge is 2.54. The van der Waals surface area contributed by atoms with Crippen LogP contribution in [-0.4, -0.2) is 10.2 Å². The maximum atomic E-state index is 5.50. The maximum Gasteiger partial charge on any atom is 0.222 e. The van der Waals surface area contributed by atoms with E-state index >= 15 is 0 Å². The topological polar surface area (TPSA) is 38.9 Å². The van der Waals surface area contributed by atoms with Crippen molar-refractivity contribution >= 4 is 0 Å². The summed E-state index contributed by atoms with van der Waals surface area (Å²) in [6, 6.07) is 0. The van der Waals surface area contributed by atoms with Crippen LogP contribution in [0, 0.1) is 17.8 Å². The summed E-state index contributed by atoms with van der Waals surface area (Å²) in [5.41, 5.74) is 0.283. The molecule has 4 saturated carbocycles. The highest BCUT2D eigenvalue weighted by atomic mass is 16.4. The van der Waals surface area contributed by atoms with Crippen LogP contribution >= 0.6 is 0 Å². The lowest BCUT2D eigenvalue weighted by Crippen LogP contribution is -2.48. The molecule has 15 heavy (non-hydrogen) atoms. The molecule has 5 rings (SSSR count). The molecule has 3 nitrogen and oxygen atoms in total. The molecule has 1 heterocycles. The van der Waals surface area contributed by atoms with Crippen LogP contribution in [-0.2, 0) is 5.41 Å². The molecule has 4 bridgehead atoms. The minimum atomic E-state index is 0.283. The first-order chi connectivity index (χ1) is 7.34. The Bertz CT molecular complexity index is 336. The van der Waals surface area contributed by atoms with Crippen molar-refractivity contribution in [2.24, 2.45) is 17.8 Å². The molecule has 1 aromatic rings. The number of nitrogens with zero attached hydrogens (tertiary/aromatic N) is 2. The zero-order chi connectivity index (χ0) is 9.88. The van der Waals surface area contributed by atoms with E-state index in [9.17, 15) is 0 Å². The average molecular weight is 204 g/mol. The van der Waals surface area contributed by atoms with Gasteiger partial charge in [0.2, 0.25) is 12.3 Å². The van der Waals surface area contributed by atoms with Crippen LogP contribution in [0.3, 0.4) is 0 Å². The molecule has 0 N–H and O–H groups in total. The third-order valence-electron chi connectivity index (χ3n) is 4.85. The molecule has 3 heteroatoms. The molecule has 0 aromatic carbocycles. The molecule has 0 spiro atoms. The fourth-order valence-corrected chi connectivity index (χ4v) is 4.78. The molecule has 80 valence electrons. The Labute approximate surface area is 89.3 Å². The van der Waals surface area contributed by atoms with E-state index in [-0.39, 0.29) is 5.41 Å². The Morgan fingerprint density at radius 2 is 1.67 bits per heavy atom. The van der Waals surface area contributed by atoms with Crippen molar-refractivity contribution in [3.63, 3.8) is 0 Å². The highest BCUT2D eigenvalue weighted by molar-refractivity contribution is 5.14. The van der Waals surface area contributed by atoms with Crippen LogP contribution in [0.5, 0.6) is 0 Å². The summed E-state index contributed by atoms with van der Waals surface area (Å²) in [5, 5.41) is 8.05. The summed E-state index contributed by atoms with van der Waals surface area (Å²) in [6.07, 6.45) is 9.81. The summed E-state index contributed by atoms with van der Waals surface area (Å²) < 4.78 is 5.50. The lowest BCUT2D eigenvalue weighted by atomic mass is 9.49. The summed E-state index contributed by atoms with van der Waals surface area (Å²) in [7, 11) is 0.